The smallest absolute Gasteiger partial charge is 0.331 e. The lowest BCUT2D eigenvalue weighted by molar-refractivity contribution is -0.132. The number of H-pyrrole nitrogens is 1. The third-order valence-corrected chi connectivity index (χ3v) is 3.71. The van der Waals surface area contributed by atoms with E-state index in [-0.39, 0.29) is 0 Å². The number of rotatable bonds is 4. The van der Waals surface area contributed by atoms with Crippen molar-refractivity contribution in [2.24, 2.45) is 0 Å². The van der Waals surface area contributed by atoms with Gasteiger partial charge in [0.15, 0.2) is 0 Å². The van der Waals surface area contributed by atoms with Crippen LogP contribution in [0.15, 0.2) is 60.3 Å². The standard InChI is InChI=1S/C20H17NO2/c1-14(20(22)23)11-16-8-10-19-18(12-16)17(13-21-19)9-7-15-5-3-2-4-6-15/h2-13,21H,1H3,(H,22,23). The van der Waals surface area contributed by atoms with E-state index in [0.717, 1.165) is 27.6 Å². The molecule has 3 nitrogen and oxygen atoms in total. The van der Waals surface area contributed by atoms with E-state index in [9.17, 15) is 4.79 Å². The second-order valence-corrected chi connectivity index (χ2v) is 5.43. The lowest BCUT2D eigenvalue weighted by atomic mass is 10.1. The van der Waals surface area contributed by atoms with Crippen molar-refractivity contribution in [2.45, 2.75) is 6.92 Å². The second kappa shape index (κ2) is 6.36. The van der Waals surface area contributed by atoms with E-state index < -0.39 is 5.97 Å². The minimum absolute atomic E-state index is 0.321. The van der Waals surface area contributed by atoms with E-state index in [1.807, 2.05) is 42.6 Å². The maximum Gasteiger partial charge on any atom is 0.331 e. The van der Waals surface area contributed by atoms with Gasteiger partial charge in [0.05, 0.1) is 0 Å². The molecule has 1 aromatic heterocycles. The Morgan fingerprint density at radius 1 is 1.04 bits per heavy atom. The van der Waals surface area contributed by atoms with Crippen LogP contribution in [0.25, 0.3) is 29.1 Å². The fourth-order valence-corrected chi connectivity index (χ4v) is 2.45. The number of carbonyl (C=O) groups is 1. The molecule has 3 rings (SSSR count). The highest BCUT2D eigenvalue weighted by Crippen LogP contribution is 2.23. The molecule has 0 bridgehead atoms. The zero-order chi connectivity index (χ0) is 16.2. The predicted molar refractivity (Wildman–Crippen MR) is 95.0 cm³/mol. The van der Waals surface area contributed by atoms with E-state index in [2.05, 4.69) is 29.3 Å². The summed E-state index contributed by atoms with van der Waals surface area (Å²) in [6.07, 6.45) is 7.76. The molecule has 3 heteroatoms. The molecule has 0 aliphatic rings. The van der Waals surface area contributed by atoms with Gasteiger partial charge in [-0.2, -0.15) is 0 Å². The van der Waals surface area contributed by atoms with Crippen molar-refractivity contribution in [2.75, 3.05) is 0 Å². The Kier molecular flexibility index (Phi) is 4.11. The first-order chi connectivity index (χ1) is 11.1. The van der Waals surface area contributed by atoms with Crippen LogP contribution in [-0.2, 0) is 4.79 Å². The van der Waals surface area contributed by atoms with Crippen LogP contribution in [-0.4, -0.2) is 16.1 Å². The van der Waals surface area contributed by atoms with Gasteiger partial charge in [0.2, 0.25) is 0 Å². The quantitative estimate of drug-likeness (QED) is 0.678. The maximum atomic E-state index is 11.0. The van der Waals surface area contributed by atoms with Crippen molar-refractivity contribution in [3.8, 4) is 0 Å². The Hall–Kier alpha value is -3.07. The number of hydrogen-bond donors (Lipinski definition) is 2. The molecular weight excluding hydrogens is 286 g/mol. The van der Waals surface area contributed by atoms with E-state index >= 15 is 0 Å². The first-order valence-corrected chi connectivity index (χ1v) is 7.39. The summed E-state index contributed by atoms with van der Waals surface area (Å²) in [4.78, 5) is 14.2. The van der Waals surface area contributed by atoms with Gasteiger partial charge in [0.25, 0.3) is 0 Å². The topological polar surface area (TPSA) is 53.1 Å². The zero-order valence-corrected chi connectivity index (χ0v) is 12.8. The molecule has 2 N–H and O–H groups in total. The Morgan fingerprint density at radius 3 is 2.57 bits per heavy atom. The molecular formula is C20H17NO2. The molecule has 0 unspecified atom stereocenters. The summed E-state index contributed by atoms with van der Waals surface area (Å²) in [5, 5.41) is 10.1. The van der Waals surface area contributed by atoms with Crippen molar-refractivity contribution in [3.05, 3.63) is 77.0 Å². The lowest BCUT2D eigenvalue weighted by Crippen LogP contribution is -1.95. The largest absolute Gasteiger partial charge is 0.478 e. The van der Waals surface area contributed by atoms with Gasteiger partial charge in [0.1, 0.15) is 0 Å². The highest BCUT2D eigenvalue weighted by Gasteiger charge is 2.04. The SMILES string of the molecule is CC(=Cc1ccc2[nH]cc(C=Cc3ccccc3)c2c1)C(=O)O. The molecule has 0 radical (unpaired) electrons. The minimum Gasteiger partial charge on any atom is -0.478 e. The highest BCUT2D eigenvalue weighted by atomic mass is 16.4. The van der Waals surface area contributed by atoms with Gasteiger partial charge >= 0.3 is 5.97 Å². The maximum absolute atomic E-state index is 11.0. The van der Waals surface area contributed by atoms with Gasteiger partial charge in [-0.15, -0.1) is 0 Å². The van der Waals surface area contributed by atoms with Crippen molar-refractivity contribution in [3.63, 3.8) is 0 Å². The number of aromatic nitrogens is 1. The number of hydrogen-bond acceptors (Lipinski definition) is 1. The summed E-state index contributed by atoms with van der Waals surface area (Å²) in [5.74, 6) is -0.900. The molecule has 3 aromatic rings. The number of aliphatic carboxylic acids is 1. The monoisotopic (exact) mass is 303 g/mol. The summed E-state index contributed by atoms with van der Waals surface area (Å²) < 4.78 is 0. The van der Waals surface area contributed by atoms with Gasteiger partial charge in [-0.25, -0.2) is 4.79 Å². The average molecular weight is 303 g/mol. The number of nitrogens with one attached hydrogen (secondary N) is 1. The van der Waals surface area contributed by atoms with Crippen molar-refractivity contribution in [1.82, 2.24) is 4.98 Å². The molecule has 23 heavy (non-hydrogen) atoms. The van der Waals surface area contributed by atoms with Crippen LogP contribution < -0.4 is 0 Å². The number of carboxylic acids is 1. The summed E-state index contributed by atoms with van der Waals surface area (Å²) >= 11 is 0. The van der Waals surface area contributed by atoms with Crippen molar-refractivity contribution >= 4 is 35.1 Å². The van der Waals surface area contributed by atoms with E-state index in [1.54, 1.807) is 13.0 Å². The molecule has 2 aromatic carbocycles. The third-order valence-electron chi connectivity index (χ3n) is 3.71. The van der Waals surface area contributed by atoms with Crippen LogP contribution in [0.1, 0.15) is 23.6 Å². The number of aromatic amines is 1. The fraction of sp³-hybridized carbons (Fsp3) is 0.0500. The molecule has 0 saturated carbocycles. The Bertz CT molecular complexity index is 902. The third kappa shape index (κ3) is 3.40. The van der Waals surface area contributed by atoms with Gasteiger partial charge < -0.3 is 10.1 Å². The molecule has 0 atom stereocenters. The van der Waals surface area contributed by atoms with Crippen molar-refractivity contribution < 1.29 is 9.90 Å². The first-order valence-electron chi connectivity index (χ1n) is 7.39. The second-order valence-electron chi connectivity index (χ2n) is 5.43. The summed E-state index contributed by atoms with van der Waals surface area (Å²) in [6.45, 7) is 1.60. The summed E-state index contributed by atoms with van der Waals surface area (Å²) in [7, 11) is 0. The molecule has 0 aliphatic carbocycles. The average Bonchev–Trinajstić information content (AvgIpc) is 2.96. The van der Waals surface area contributed by atoms with Crippen molar-refractivity contribution in [1.29, 1.82) is 0 Å². The molecule has 114 valence electrons. The predicted octanol–water partition coefficient (Wildman–Crippen LogP) is 4.83. The lowest BCUT2D eigenvalue weighted by Gasteiger charge is -1.98. The fourth-order valence-electron chi connectivity index (χ4n) is 2.45. The van der Waals surface area contributed by atoms with Crippen LogP contribution in [0.4, 0.5) is 0 Å². The van der Waals surface area contributed by atoms with Gasteiger partial charge in [0, 0.05) is 22.7 Å². The van der Waals surface area contributed by atoms with Crippen LogP contribution in [0, 0.1) is 0 Å². The minimum atomic E-state index is -0.900. The number of carboxylic acid groups (broad SMARTS) is 1. The Balaban J connectivity index is 1.97. The first kappa shape index (κ1) is 14.9. The Labute approximate surface area is 134 Å². The molecule has 0 fully saturated rings. The van der Waals surface area contributed by atoms with E-state index in [1.165, 1.54) is 0 Å². The van der Waals surface area contributed by atoms with Crippen LogP contribution >= 0.6 is 0 Å². The highest BCUT2D eigenvalue weighted by molar-refractivity contribution is 5.95. The molecule has 0 amide bonds. The summed E-state index contributed by atoms with van der Waals surface area (Å²) in [6, 6.07) is 16.0. The van der Waals surface area contributed by atoms with Gasteiger partial charge in [-0.1, -0.05) is 48.6 Å². The molecule has 1 heterocycles. The zero-order valence-electron chi connectivity index (χ0n) is 12.8. The van der Waals surface area contributed by atoms with E-state index in [0.29, 0.717) is 5.57 Å². The summed E-state index contributed by atoms with van der Waals surface area (Å²) in [5.41, 5.74) is 4.45. The normalized spacial score (nSPS) is 12.1. The van der Waals surface area contributed by atoms with E-state index in [4.69, 9.17) is 5.11 Å². The van der Waals surface area contributed by atoms with Crippen LogP contribution in [0.3, 0.4) is 0 Å². The molecule has 0 spiro atoms. The number of benzene rings is 2. The van der Waals surface area contributed by atoms with Crippen LogP contribution in [0.5, 0.6) is 0 Å². The molecule has 0 aliphatic heterocycles. The molecule has 0 saturated heterocycles. The van der Waals surface area contributed by atoms with Gasteiger partial charge in [-0.3, -0.25) is 0 Å². The van der Waals surface area contributed by atoms with Crippen LogP contribution in [0.2, 0.25) is 0 Å². The Morgan fingerprint density at radius 2 is 1.83 bits per heavy atom. The number of fused-ring (bicyclic) bond motifs is 1. The van der Waals surface area contributed by atoms with Gasteiger partial charge in [-0.05, 0) is 41.8 Å².